The molecule has 1 aliphatic heterocycles. The first kappa shape index (κ1) is 19.5. The quantitative estimate of drug-likeness (QED) is 0.803. The van der Waals surface area contributed by atoms with Crippen LogP contribution in [-0.2, 0) is 20.5 Å². The molecule has 2 atom stereocenters. The predicted octanol–water partition coefficient (Wildman–Crippen LogP) is 1.21. The van der Waals surface area contributed by atoms with E-state index in [1.54, 1.807) is 36.4 Å². The normalized spacial score (nSPS) is 22.7. The van der Waals surface area contributed by atoms with Crippen LogP contribution in [0, 0.1) is 11.3 Å². The van der Waals surface area contributed by atoms with Crippen molar-refractivity contribution in [1.82, 2.24) is 9.03 Å². The topological polar surface area (TPSA) is 103 Å². The van der Waals surface area contributed by atoms with Gasteiger partial charge < -0.3 is 9.84 Å². The van der Waals surface area contributed by atoms with Crippen LogP contribution in [0.3, 0.4) is 0 Å². The summed E-state index contributed by atoms with van der Waals surface area (Å²) in [6.45, 7) is 0.0599. The van der Waals surface area contributed by atoms with Crippen molar-refractivity contribution >= 4 is 10.2 Å². The van der Waals surface area contributed by atoms with Gasteiger partial charge in [0.15, 0.2) is 0 Å². The van der Waals surface area contributed by atoms with Crippen LogP contribution in [0.25, 0.3) is 11.1 Å². The predicted molar refractivity (Wildman–Crippen MR) is 101 cm³/mol. The fraction of sp³-hybridized carbons (Fsp3) is 0.316. The first-order valence-electron chi connectivity index (χ1n) is 8.38. The average Bonchev–Trinajstić information content (AvgIpc) is 3.02. The highest BCUT2D eigenvalue weighted by Crippen LogP contribution is 2.33. The number of ether oxygens (including phenoxy) is 1. The van der Waals surface area contributed by atoms with Crippen molar-refractivity contribution in [2.45, 2.75) is 11.6 Å². The molecule has 1 aliphatic rings. The summed E-state index contributed by atoms with van der Waals surface area (Å²) in [6, 6.07) is 15.7. The molecule has 0 amide bonds. The van der Waals surface area contributed by atoms with Crippen LogP contribution in [0.5, 0.6) is 0 Å². The molecule has 2 aromatic carbocycles. The first-order chi connectivity index (χ1) is 12.8. The number of hydrogen-bond acceptors (Lipinski definition) is 5. The maximum atomic E-state index is 12.1. The van der Waals surface area contributed by atoms with Gasteiger partial charge in [-0.3, -0.25) is 0 Å². The minimum atomic E-state index is -3.71. The number of rotatable bonds is 5. The fourth-order valence-electron chi connectivity index (χ4n) is 3.04. The van der Waals surface area contributed by atoms with Gasteiger partial charge in [-0.15, -0.1) is 0 Å². The highest BCUT2D eigenvalue weighted by Gasteiger charge is 2.46. The molecule has 0 aromatic heterocycles. The molecule has 8 heteroatoms. The molecule has 3 rings (SSSR count). The van der Waals surface area contributed by atoms with Crippen molar-refractivity contribution < 1.29 is 18.3 Å². The molecular weight excluding hydrogens is 366 g/mol. The van der Waals surface area contributed by atoms with Crippen LogP contribution >= 0.6 is 0 Å². The Hall–Kier alpha value is -2.28. The summed E-state index contributed by atoms with van der Waals surface area (Å²) in [4.78, 5) is 0. The van der Waals surface area contributed by atoms with Crippen LogP contribution in [0.1, 0.15) is 11.1 Å². The minimum Gasteiger partial charge on any atom is -0.381 e. The molecule has 2 unspecified atom stereocenters. The lowest BCUT2D eigenvalue weighted by Crippen LogP contribution is -2.52. The highest BCUT2D eigenvalue weighted by atomic mass is 32.2. The van der Waals surface area contributed by atoms with Crippen molar-refractivity contribution in [3.05, 3.63) is 59.7 Å². The molecule has 1 fully saturated rings. The molecule has 0 radical (unpaired) electrons. The van der Waals surface area contributed by atoms with Crippen LogP contribution < -0.4 is 4.72 Å². The summed E-state index contributed by atoms with van der Waals surface area (Å²) in [5, 5.41) is 20.4. The van der Waals surface area contributed by atoms with E-state index in [4.69, 9.17) is 4.74 Å². The molecule has 2 aromatic rings. The SMILES string of the molecule is CN(C)S(=O)(=O)NC1COCC1(O)c1ccc(-c2ccccc2C#N)cc1. The van der Waals surface area contributed by atoms with E-state index in [0.29, 0.717) is 11.1 Å². The van der Waals surface area contributed by atoms with Crippen LogP contribution in [0.15, 0.2) is 48.5 Å². The van der Waals surface area contributed by atoms with E-state index < -0.39 is 21.9 Å². The lowest BCUT2D eigenvalue weighted by atomic mass is 9.88. The van der Waals surface area contributed by atoms with Crippen LogP contribution in [0.4, 0.5) is 0 Å². The first-order valence-corrected chi connectivity index (χ1v) is 9.82. The van der Waals surface area contributed by atoms with E-state index in [2.05, 4.69) is 10.8 Å². The van der Waals surface area contributed by atoms with E-state index in [-0.39, 0.29) is 13.2 Å². The summed E-state index contributed by atoms with van der Waals surface area (Å²) in [7, 11) is -0.883. The zero-order valence-electron chi connectivity index (χ0n) is 15.1. The Labute approximate surface area is 159 Å². The van der Waals surface area contributed by atoms with E-state index >= 15 is 0 Å². The van der Waals surface area contributed by atoms with Gasteiger partial charge in [-0.05, 0) is 22.8 Å². The lowest BCUT2D eigenvalue weighted by molar-refractivity contribution is 0.0119. The number of benzene rings is 2. The summed E-state index contributed by atoms with van der Waals surface area (Å²) >= 11 is 0. The zero-order chi connectivity index (χ0) is 19.7. The Morgan fingerprint density at radius 1 is 1.22 bits per heavy atom. The van der Waals surface area contributed by atoms with Gasteiger partial charge in [0.25, 0.3) is 10.2 Å². The van der Waals surface area contributed by atoms with E-state index in [1.165, 1.54) is 14.1 Å². The van der Waals surface area contributed by atoms with Gasteiger partial charge in [-0.25, -0.2) is 0 Å². The second kappa shape index (κ2) is 7.38. The van der Waals surface area contributed by atoms with E-state index in [1.807, 2.05) is 12.1 Å². The van der Waals surface area contributed by atoms with Crippen molar-refractivity contribution in [2.24, 2.45) is 0 Å². The second-order valence-electron chi connectivity index (χ2n) is 6.63. The zero-order valence-corrected chi connectivity index (χ0v) is 15.9. The smallest absolute Gasteiger partial charge is 0.279 e. The summed E-state index contributed by atoms with van der Waals surface area (Å²) in [5.41, 5.74) is 1.26. The maximum Gasteiger partial charge on any atom is 0.279 e. The Morgan fingerprint density at radius 2 is 1.89 bits per heavy atom. The number of hydrogen-bond donors (Lipinski definition) is 2. The molecule has 2 N–H and O–H groups in total. The van der Waals surface area contributed by atoms with Gasteiger partial charge in [0, 0.05) is 14.1 Å². The third-order valence-corrected chi connectivity index (χ3v) is 6.24. The number of nitrogens with one attached hydrogen (secondary N) is 1. The molecule has 0 aliphatic carbocycles. The Balaban J connectivity index is 1.91. The van der Waals surface area contributed by atoms with Gasteiger partial charge in [0.1, 0.15) is 5.60 Å². The largest absolute Gasteiger partial charge is 0.381 e. The average molecular weight is 387 g/mol. The third-order valence-electron chi connectivity index (χ3n) is 4.70. The third kappa shape index (κ3) is 3.74. The number of aliphatic hydroxyl groups is 1. The van der Waals surface area contributed by atoms with Gasteiger partial charge in [0.05, 0.1) is 30.9 Å². The fourth-order valence-corrected chi connectivity index (χ4v) is 3.88. The standard InChI is InChI=1S/C19H21N3O4S/c1-22(2)27(24,25)21-18-12-26-13-19(18,23)16-9-7-14(8-10-16)17-6-4-3-5-15(17)11-20/h3-10,18,21,23H,12-13H2,1-2H3. The molecule has 0 spiro atoms. The summed E-state index contributed by atoms with van der Waals surface area (Å²) in [5.74, 6) is 0. The minimum absolute atomic E-state index is 0.0122. The highest BCUT2D eigenvalue weighted by molar-refractivity contribution is 7.87. The van der Waals surface area contributed by atoms with Crippen molar-refractivity contribution in [3.8, 4) is 17.2 Å². The molecule has 142 valence electrons. The van der Waals surface area contributed by atoms with Crippen molar-refractivity contribution in [3.63, 3.8) is 0 Å². The summed E-state index contributed by atoms with van der Waals surface area (Å²) < 4.78 is 33.2. The molecular formula is C19H21N3O4S. The number of nitriles is 1. The molecule has 0 saturated carbocycles. The van der Waals surface area contributed by atoms with Gasteiger partial charge in [0.2, 0.25) is 0 Å². The molecule has 1 heterocycles. The Bertz CT molecular complexity index is 967. The van der Waals surface area contributed by atoms with E-state index in [0.717, 1.165) is 15.4 Å². The Morgan fingerprint density at radius 3 is 2.52 bits per heavy atom. The monoisotopic (exact) mass is 387 g/mol. The van der Waals surface area contributed by atoms with Gasteiger partial charge in [-0.2, -0.15) is 22.7 Å². The molecule has 7 nitrogen and oxygen atoms in total. The van der Waals surface area contributed by atoms with Crippen LogP contribution in [-0.4, -0.2) is 51.2 Å². The molecule has 27 heavy (non-hydrogen) atoms. The van der Waals surface area contributed by atoms with Gasteiger partial charge >= 0.3 is 0 Å². The van der Waals surface area contributed by atoms with Crippen LogP contribution in [0.2, 0.25) is 0 Å². The second-order valence-corrected chi connectivity index (χ2v) is 8.55. The summed E-state index contributed by atoms with van der Waals surface area (Å²) in [6.07, 6.45) is 0. The van der Waals surface area contributed by atoms with Gasteiger partial charge in [-0.1, -0.05) is 42.5 Å². The van der Waals surface area contributed by atoms with Crippen molar-refractivity contribution in [1.29, 1.82) is 5.26 Å². The van der Waals surface area contributed by atoms with Crippen molar-refractivity contribution in [2.75, 3.05) is 27.3 Å². The molecule has 1 saturated heterocycles. The van der Waals surface area contributed by atoms with E-state index in [9.17, 15) is 18.8 Å². The molecule has 0 bridgehead atoms. The lowest BCUT2D eigenvalue weighted by Gasteiger charge is -2.30. The maximum absolute atomic E-state index is 12.1. The number of nitrogens with zero attached hydrogens (tertiary/aromatic N) is 2. The Kier molecular flexibility index (Phi) is 5.33.